The van der Waals surface area contributed by atoms with Gasteiger partial charge in [-0.25, -0.2) is 0 Å². The van der Waals surface area contributed by atoms with Gasteiger partial charge >= 0.3 is 0 Å². The summed E-state index contributed by atoms with van der Waals surface area (Å²) in [7, 11) is -0.929. The Kier molecular flexibility index (Phi) is 2.37. The van der Waals surface area contributed by atoms with Crippen molar-refractivity contribution in [3.05, 3.63) is 0 Å². The minimum absolute atomic E-state index is 0.464. The molecule has 0 spiro atoms. The standard InChI is InChI=1S/C12H22OSi/c1-8-5-10(8)12(13)11-6-9(11)7-14(2,3)4/h8-11H,5-7H2,1-4H3. The highest BCUT2D eigenvalue weighted by Gasteiger charge is 2.51. The number of carbonyl (C=O) groups excluding carboxylic acids is 1. The summed E-state index contributed by atoms with van der Waals surface area (Å²) in [5.74, 6) is 3.04. The van der Waals surface area contributed by atoms with Gasteiger partial charge in [-0.2, -0.15) is 0 Å². The van der Waals surface area contributed by atoms with Crippen molar-refractivity contribution >= 4 is 13.9 Å². The highest BCUT2D eigenvalue weighted by Crippen LogP contribution is 2.51. The molecule has 2 heteroatoms. The first-order chi connectivity index (χ1) is 6.38. The van der Waals surface area contributed by atoms with Crippen molar-refractivity contribution in [1.82, 2.24) is 0 Å². The van der Waals surface area contributed by atoms with Crippen molar-refractivity contribution in [3.63, 3.8) is 0 Å². The molecule has 0 saturated heterocycles. The third kappa shape index (κ3) is 2.27. The van der Waals surface area contributed by atoms with Crippen LogP contribution in [0.3, 0.4) is 0 Å². The molecule has 0 radical (unpaired) electrons. The van der Waals surface area contributed by atoms with Crippen LogP contribution in [0, 0.1) is 23.7 Å². The van der Waals surface area contributed by atoms with Crippen molar-refractivity contribution < 1.29 is 4.79 Å². The lowest BCUT2D eigenvalue weighted by Crippen LogP contribution is -2.21. The van der Waals surface area contributed by atoms with Crippen LogP contribution in [0.15, 0.2) is 0 Å². The zero-order valence-corrected chi connectivity index (χ0v) is 10.8. The highest BCUT2D eigenvalue weighted by atomic mass is 28.3. The summed E-state index contributed by atoms with van der Waals surface area (Å²) < 4.78 is 0. The molecule has 0 aromatic heterocycles. The van der Waals surface area contributed by atoms with Crippen molar-refractivity contribution in [2.75, 3.05) is 0 Å². The van der Waals surface area contributed by atoms with Crippen LogP contribution in [0.5, 0.6) is 0 Å². The van der Waals surface area contributed by atoms with E-state index in [1.165, 1.54) is 18.9 Å². The Bertz CT molecular complexity index is 254. The first kappa shape index (κ1) is 10.4. The summed E-state index contributed by atoms with van der Waals surface area (Å²) in [6, 6.07) is 1.37. The van der Waals surface area contributed by atoms with E-state index in [0.29, 0.717) is 23.5 Å². The van der Waals surface area contributed by atoms with Gasteiger partial charge in [-0.05, 0) is 24.7 Å². The van der Waals surface area contributed by atoms with Crippen molar-refractivity contribution in [1.29, 1.82) is 0 Å². The van der Waals surface area contributed by atoms with E-state index >= 15 is 0 Å². The van der Waals surface area contributed by atoms with Crippen molar-refractivity contribution in [2.24, 2.45) is 23.7 Å². The monoisotopic (exact) mass is 210 g/mol. The Hall–Kier alpha value is -0.113. The van der Waals surface area contributed by atoms with Crippen LogP contribution in [0.2, 0.25) is 25.7 Å². The largest absolute Gasteiger partial charge is 0.299 e. The fraction of sp³-hybridized carbons (Fsp3) is 0.917. The molecule has 2 aliphatic carbocycles. The van der Waals surface area contributed by atoms with Crippen LogP contribution in [0.25, 0.3) is 0 Å². The fourth-order valence-corrected chi connectivity index (χ4v) is 4.63. The van der Waals surface area contributed by atoms with Crippen LogP contribution in [0.4, 0.5) is 0 Å². The van der Waals surface area contributed by atoms with Crippen LogP contribution >= 0.6 is 0 Å². The average Bonchev–Trinajstić information content (AvgIpc) is 2.84. The molecule has 2 rings (SSSR count). The van der Waals surface area contributed by atoms with Crippen LogP contribution in [0.1, 0.15) is 19.8 Å². The summed E-state index contributed by atoms with van der Waals surface area (Å²) in [5, 5.41) is 0. The second-order valence-electron chi connectivity index (χ2n) is 6.59. The van der Waals surface area contributed by atoms with E-state index in [0.717, 1.165) is 5.92 Å². The Morgan fingerprint density at radius 2 is 1.79 bits per heavy atom. The predicted molar refractivity (Wildman–Crippen MR) is 62.0 cm³/mol. The molecule has 0 N–H and O–H groups in total. The summed E-state index contributed by atoms with van der Waals surface area (Å²) in [5.41, 5.74) is 0. The Balaban J connectivity index is 1.79. The molecule has 4 unspecified atom stereocenters. The Labute approximate surface area is 88.3 Å². The van der Waals surface area contributed by atoms with E-state index in [4.69, 9.17) is 0 Å². The average molecular weight is 210 g/mol. The molecule has 0 aromatic carbocycles. The molecule has 0 amide bonds. The maximum atomic E-state index is 11.9. The molecular weight excluding hydrogens is 188 g/mol. The zero-order chi connectivity index (χ0) is 10.5. The van der Waals surface area contributed by atoms with E-state index < -0.39 is 8.07 Å². The van der Waals surface area contributed by atoms with Crippen molar-refractivity contribution in [3.8, 4) is 0 Å². The summed E-state index contributed by atoms with van der Waals surface area (Å²) in [6.07, 6.45) is 2.39. The molecule has 1 nitrogen and oxygen atoms in total. The molecule has 0 heterocycles. The SMILES string of the molecule is CC1CC1C(=O)C1CC1C[Si](C)(C)C. The van der Waals surface area contributed by atoms with E-state index in [-0.39, 0.29) is 0 Å². The van der Waals surface area contributed by atoms with E-state index in [9.17, 15) is 4.79 Å². The van der Waals surface area contributed by atoms with Gasteiger partial charge in [0.2, 0.25) is 0 Å². The molecular formula is C12H22OSi. The third-order valence-electron chi connectivity index (χ3n) is 3.64. The molecule has 2 fully saturated rings. The number of ketones is 1. The van der Waals surface area contributed by atoms with Gasteiger partial charge in [0.1, 0.15) is 5.78 Å². The molecule has 80 valence electrons. The van der Waals surface area contributed by atoms with E-state index in [1.54, 1.807) is 0 Å². The minimum Gasteiger partial charge on any atom is -0.299 e. The summed E-state index contributed by atoms with van der Waals surface area (Å²) in [6.45, 7) is 9.43. The summed E-state index contributed by atoms with van der Waals surface area (Å²) in [4.78, 5) is 11.9. The smallest absolute Gasteiger partial charge is 0.139 e. The van der Waals surface area contributed by atoms with E-state index in [2.05, 4.69) is 26.6 Å². The zero-order valence-electron chi connectivity index (χ0n) is 9.84. The first-order valence-corrected chi connectivity index (χ1v) is 9.63. The van der Waals surface area contributed by atoms with Gasteiger partial charge in [0, 0.05) is 19.9 Å². The maximum Gasteiger partial charge on any atom is 0.139 e. The van der Waals surface area contributed by atoms with Gasteiger partial charge in [0.15, 0.2) is 0 Å². The van der Waals surface area contributed by atoms with Crippen molar-refractivity contribution in [2.45, 2.75) is 45.5 Å². The predicted octanol–water partition coefficient (Wildman–Crippen LogP) is 3.19. The summed E-state index contributed by atoms with van der Waals surface area (Å²) >= 11 is 0. The quantitative estimate of drug-likeness (QED) is 0.651. The maximum absolute atomic E-state index is 11.9. The van der Waals surface area contributed by atoms with Gasteiger partial charge in [-0.15, -0.1) is 0 Å². The lowest BCUT2D eigenvalue weighted by atomic mass is 10.1. The highest BCUT2D eigenvalue weighted by molar-refractivity contribution is 6.76. The Morgan fingerprint density at radius 1 is 1.21 bits per heavy atom. The van der Waals surface area contributed by atoms with Crippen LogP contribution in [-0.4, -0.2) is 13.9 Å². The number of hydrogen-bond acceptors (Lipinski definition) is 1. The second-order valence-corrected chi connectivity index (χ2v) is 12.1. The molecule has 0 bridgehead atoms. The Morgan fingerprint density at radius 3 is 2.21 bits per heavy atom. The van der Waals surface area contributed by atoms with Gasteiger partial charge in [0.05, 0.1) is 0 Å². The molecule has 2 saturated carbocycles. The van der Waals surface area contributed by atoms with Crippen LogP contribution < -0.4 is 0 Å². The van der Waals surface area contributed by atoms with Crippen LogP contribution in [-0.2, 0) is 4.79 Å². The number of carbonyl (C=O) groups is 1. The van der Waals surface area contributed by atoms with Gasteiger partial charge in [0.25, 0.3) is 0 Å². The first-order valence-electron chi connectivity index (χ1n) is 5.92. The molecule has 4 atom stereocenters. The molecule has 14 heavy (non-hydrogen) atoms. The topological polar surface area (TPSA) is 17.1 Å². The lowest BCUT2D eigenvalue weighted by Gasteiger charge is -2.14. The van der Waals surface area contributed by atoms with Gasteiger partial charge in [-0.3, -0.25) is 4.79 Å². The normalized spacial score (nSPS) is 40.9. The van der Waals surface area contributed by atoms with E-state index in [1.807, 2.05) is 0 Å². The number of Topliss-reactive ketones (excluding diaryl/α,β-unsaturated/α-hetero) is 1. The van der Waals surface area contributed by atoms with Gasteiger partial charge in [-0.1, -0.05) is 32.6 Å². The lowest BCUT2D eigenvalue weighted by molar-refractivity contribution is -0.121. The minimum atomic E-state index is -0.929. The molecule has 0 aliphatic heterocycles. The third-order valence-corrected chi connectivity index (χ3v) is 5.39. The number of rotatable bonds is 4. The number of hydrogen-bond donors (Lipinski definition) is 0. The molecule has 0 aromatic rings. The second kappa shape index (κ2) is 3.19. The van der Waals surface area contributed by atoms with Gasteiger partial charge < -0.3 is 0 Å². The fourth-order valence-electron chi connectivity index (χ4n) is 2.60. The molecule has 2 aliphatic rings.